The number of rotatable bonds is 18. The molecule has 9 aromatic heterocycles. The van der Waals surface area contributed by atoms with Crippen LogP contribution in [-0.4, -0.2) is 196 Å². The van der Waals surface area contributed by atoms with Gasteiger partial charge in [0.2, 0.25) is 6.71 Å². The molecule has 10 aromatic rings. The summed E-state index contributed by atoms with van der Waals surface area (Å²) in [6, 6.07) is 27.4. The lowest BCUT2D eigenvalue weighted by molar-refractivity contribution is 1.04. The van der Waals surface area contributed by atoms with Crippen molar-refractivity contribution < 1.29 is 0 Å². The zero-order valence-electron chi connectivity index (χ0n) is 76.4. The molecule has 9 heterocycles. The van der Waals surface area contributed by atoms with E-state index in [0.717, 1.165) is 56.1 Å². The second-order valence-electron chi connectivity index (χ2n) is 34.7. The van der Waals surface area contributed by atoms with E-state index in [0.29, 0.717) is 121 Å². The van der Waals surface area contributed by atoms with E-state index in [1.807, 2.05) is 68.0 Å². The van der Waals surface area contributed by atoms with Crippen LogP contribution >= 0.6 is 0 Å². The first-order valence-corrected chi connectivity index (χ1v) is 41.7. The maximum absolute atomic E-state index is 4.57. The zero-order chi connectivity index (χ0) is 84.8. The minimum absolute atomic E-state index is 0.415. The van der Waals surface area contributed by atoms with Crippen LogP contribution < -0.4 is 100 Å². The van der Waals surface area contributed by atoms with Crippen LogP contribution in [0.25, 0.3) is 10.8 Å². The van der Waals surface area contributed by atoms with Crippen molar-refractivity contribution in [3.8, 4) is 0 Å². The number of pyridine rings is 3. The molecular weight excluding hydrogens is 1350 g/mol. The molecule has 0 atom stereocenters. The third kappa shape index (κ3) is 36.8. The Morgan fingerprint density at radius 2 is 0.545 bits per heavy atom. The first-order chi connectivity index (χ1) is 52.5. The molecule has 0 N–H and O–H groups in total. The lowest BCUT2D eigenvalue weighted by Gasteiger charge is -2.11. The van der Waals surface area contributed by atoms with E-state index in [9.17, 15) is 0 Å². The Morgan fingerprint density at radius 3 is 0.848 bits per heavy atom. The number of fused-ring (bicyclic) bond motifs is 1. The van der Waals surface area contributed by atoms with Crippen LogP contribution in [0.1, 0.15) is 0 Å². The second-order valence-corrected chi connectivity index (χ2v) is 34.7. The van der Waals surface area contributed by atoms with E-state index in [-0.39, 0.29) is 0 Å². The van der Waals surface area contributed by atoms with Gasteiger partial charge in [-0.1, -0.05) is 334 Å². The Morgan fingerprint density at radius 1 is 0.205 bits per heavy atom. The predicted molar refractivity (Wildman–Crippen MR) is 530 cm³/mol. The Kier molecular flexibility index (Phi) is 46.9. The van der Waals surface area contributed by atoms with Gasteiger partial charge in [-0.3, -0.25) is 44.9 Å². The van der Waals surface area contributed by atoms with Gasteiger partial charge in [0, 0.05) is 129 Å². The summed E-state index contributed by atoms with van der Waals surface area (Å²) in [4.78, 5) is 39.2. The molecule has 10 rings (SSSR count). The van der Waals surface area contributed by atoms with Crippen LogP contribution in [0.5, 0.6) is 0 Å². The largest absolute Gasteiger partial charge is 0.278 e. The van der Waals surface area contributed by atoms with E-state index in [2.05, 4.69) is 394 Å². The van der Waals surface area contributed by atoms with Crippen molar-refractivity contribution in [2.75, 3.05) is 0 Å². The molecule has 0 amide bonds. The highest BCUT2D eigenvalue weighted by Crippen LogP contribution is 2.09. The molecule has 0 unspecified atom stereocenters. The van der Waals surface area contributed by atoms with Crippen molar-refractivity contribution in [3.63, 3.8) is 0 Å². The fraction of sp³-hybridized carbons (Fsp3) is 0.456. The highest BCUT2D eigenvalue weighted by Gasteiger charge is 2.19. The number of hydrogen-bond donors (Lipinski definition) is 0. The topological polar surface area (TPSA) is 193 Å². The van der Waals surface area contributed by atoms with Gasteiger partial charge in [0.1, 0.15) is 0 Å². The molecule has 33 heteroatoms. The average Bonchev–Trinajstić information content (AvgIpc) is 0.791. The molecule has 0 fully saturated rings. The minimum atomic E-state index is 0.415. The summed E-state index contributed by atoms with van der Waals surface area (Å²) in [6.45, 7) is 86.6. The van der Waals surface area contributed by atoms with Gasteiger partial charge in [0.05, 0.1) is 5.72 Å². The molecule has 0 saturated heterocycles. The summed E-state index contributed by atoms with van der Waals surface area (Å²) in [5.41, 5.74) is 20.9. The molecule has 112 heavy (non-hydrogen) atoms. The van der Waals surface area contributed by atoms with Gasteiger partial charge in [-0.15, -0.1) is 0 Å². The summed E-state index contributed by atoms with van der Waals surface area (Å²) in [5.74, 6) is 0. The van der Waals surface area contributed by atoms with Crippen LogP contribution in [0.3, 0.4) is 0 Å². The Balaban J connectivity index is 0.000000428. The van der Waals surface area contributed by atoms with E-state index >= 15 is 0 Å². The second kappa shape index (κ2) is 52.1. The first kappa shape index (κ1) is 101. The van der Waals surface area contributed by atoms with Crippen molar-refractivity contribution in [1.29, 1.82) is 0 Å². The molecule has 0 aliphatic rings. The van der Waals surface area contributed by atoms with Crippen LogP contribution in [-0.2, 0) is 0 Å². The van der Waals surface area contributed by atoms with Gasteiger partial charge in [-0.05, 0) is 29.0 Å². The Hall–Kier alpha value is -7.42. The summed E-state index contributed by atoms with van der Waals surface area (Å²) in [5, 5.41) is 27.3. The lowest BCUT2D eigenvalue weighted by atomic mass is 9.39. The van der Waals surface area contributed by atoms with Gasteiger partial charge >= 0.3 is 0 Å². The molecule has 0 aliphatic carbocycles. The Bertz CT molecular complexity index is 3630. The molecule has 1 aromatic carbocycles. The molecule has 0 aliphatic heterocycles. The molecule has 0 saturated carbocycles. The summed E-state index contributed by atoms with van der Waals surface area (Å²) >= 11 is 0. The van der Waals surface area contributed by atoms with E-state index in [1.165, 1.54) is 54.9 Å². The summed E-state index contributed by atoms with van der Waals surface area (Å²) < 4.78 is 0. The maximum atomic E-state index is 4.57. The zero-order valence-corrected chi connectivity index (χ0v) is 76.4. The van der Waals surface area contributed by atoms with Crippen molar-refractivity contribution in [2.24, 2.45) is 0 Å². The molecule has 0 bridgehead atoms. The molecule has 0 radical (unpaired) electrons. The van der Waals surface area contributed by atoms with Crippen LogP contribution in [0.15, 0.2) is 141 Å². The number of benzene rings is 1. The van der Waals surface area contributed by atoms with E-state index < -0.39 is 0 Å². The monoisotopic (exact) mass is 1490 g/mol. The highest BCUT2D eigenvalue weighted by atomic mass is 15.1. The van der Waals surface area contributed by atoms with E-state index in [4.69, 9.17) is 0 Å². The SMILES string of the molecule is CB(C)c1ccc(B(C)C)nc1.CB(C)c1ccc(B(C)C)nn1.CB(C)c1cccc(B(C)C)n1.CB(C)c1ccnc(B(C)C)n1.CB(C)c1cnc(B(C)C)cn1.CB(C)c1cncc(B(C)C)c1.CB(C)c1cncc(B(C)C)n1.CB(C)c1cnncc1B(C)C.CB(C)c1nnc(B(C)C)c2ccccc12. The fourth-order valence-corrected chi connectivity index (χ4v) is 10.5. The summed E-state index contributed by atoms with van der Waals surface area (Å²) in [6.07, 6.45) is 18.9. The molecule has 0 spiro atoms. The Labute approximate surface area is 689 Å². The highest BCUT2D eigenvalue weighted by molar-refractivity contribution is 6.82. The lowest BCUT2D eigenvalue weighted by Crippen LogP contribution is -2.44. The molecule has 15 nitrogen and oxygen atoms in total. The average molecular weight is 1490 g/mol. The first-order valence-electron chi connectivity index (χ1n) is 41.7. The van der Waals surface area contributed by atoms with Crippen LogP contribution in [0, 0.1) is 0 Å². The molecule has 576 valence electrons. The standard InChI is InChI=1S/C12H16B2N2.3C9H15B2N.5C8H14B2N2/c1-13(2)11-9-7-5-6-8-10(9)12(14(3)4)16-15-11;1-10(2)8-5-9(11(3)4)7-12-6-8;1-10(2)8-5-6-9(11(3)4)12-7-8;1-10(2)8-6-5-7-9(12-8)11(3)4;1-9(2)7-5-12-8(6-11-7)10(3)4;1-9(2)7-5-11-6-8(12-7)10(3)4;1-9(2)7-5-11-12-6-8(7)10(3)4;1-9(2)7-5-6-11-8(12-7)10(3)4;1-9(2)7-5-6-8(10(3)4)12-11-7/h5-8H,1-4H3;3*5-7H,1-4H3;5*5-6H,1-4H3. The minimum Gasteiger partial charge on any atom is -0.278 e. The summed E-state index contributed by atoms with van der Waals surface area (Å²) in [7, 11) is 0. The fourth-order valence-electron chi connectivity index (χ4n) is 10.5. The van der Waals surface area contributed by atoms with Gasteiger partial charge in [-0.25, -0.2) is 0 Å². The number of hydrogen-bond acceptors (Lipinski definition) is 15. The predicted octanol–water partition coefficient (Wildman–Crippen LogP) is 6.56. The quantitative estimate of drug-likeness (QED) is 0.0838. The van der Waals surface area contributed by atoms with Crippen molar-refractivity contribution in [3.05, 3.63) is 141 Å². The van der Waals surface area contributed by atoms with Crippen LogP contribution in [0.4, 0.5) is 0 Å². The third-order valence-corrected chi connectivity index (χ3v) is 18.5. The van der Waals surface area contributed by atoms with Crippen molar-refractivity contribution in [2.45, 2.75) is 246 Å². The van der Waals surface area contributed by atoms with E-state index in [1.54, 1.807) is 0 Å². The number of aromatic nitrogens is 15. The molecular formula is C79H131B18N15. The van der Waals surface area contributed by atoms with Crippen molar-refractivity contribution in [1.82, 2.24) is 75.4 Å². The van der Waals surface area contributed by atoms with Gasteiger partial charge in [0.25, 0.3) is 0 Å². The van der Waals surface area contributed by atoms with Crippen molar-refractivity contribution >= 4 is 232 Å². The van der Waals surface area contributed by atoms with Crippen LogP contribution in [0.2, 0.25) is 246 Å². The van der Waals surface area contributed by atoms with Gasteiger partial charge < -0.3 is 0 Å². The third-order valence-electron chi connectivity index (χ3n) is 18.5. The maximum Gasteiger partial charge on any atom is 0.219 e. The van der Waals surface area contributed by atoms with Gasteiger partial charge in [-0.2, -0.15) is 30.6 Å². The smallest absolute Gasteiger partial charge is 0.219 e. The normalized spacial score (nSPS) is 9.79. The van der Waals surface area contributed by atoms with Gasteiger partial charge in [0.15, 0.2) is 114 Å². The number of nitrogens with zero attached hydrogens (tertiary/aromatic N) is 15.